The van der Waals surface area contributed by atoms with Gasteiger partial charge >= 0.3 is 5.97 Å². The number of anilines is 1. The minimum absolute atomic E-state index is 0.00542. The zero-order chi connectivity index (χ0) is 21.2. The van der Waals surface area contributed by atoms with Crippen LogP contribution in [-0.4, -0.2) is 32.6 Å². The minimum Gasteiger partial charge on any atom is -0.507 e. The number of carbonyl (C=O) groups is 1. The summed E-state index contributed by atoms with van der Waals surface area (Å²) in [6.07, 6.45) is 0.682. The lowest BCUT2D eigenvalue weighted by Gasteiger charge is -2.25. The highest BCUT2D eigenvalue weighted by Gasteiger charge is 2.33. The Hall–Kier alpha value is -2.32. The molecule has 0 saturated heterocycles. The van der Waals surface area contributed by atoms with Crippen molar-refractivity contribution < 1.29 is 23.1 Å². The number of aliphatic hydroxyl groups is 1. The highest BCUT2D eigenvalue weighted by Crippen LogP contribution is 2.37. The van der Waals surface area contributed by atoms with E-state index in [0.29, 0.717) is 16.6 Å². The number of sulfonamides is 1. The molecular weight excluding hydrogens is 458 g/mol. The van der Waals surface area contributed by atoms with Crippen molar-refractivity contribution in [3.8, 4) is 0 Å². The number of benzene rings is 2. The number of aryl methyl sites for hydroxylation is 1. The number of halogens is 1. The third-order valence-electron chi connectivity index (χ3n) is 4.63. The monoisotopic (exact) mass is 479 g/mol. The zero-order valence-corrected chi connectivity index (χ0v) is 18.6. The van der Waals surface area contributed by atoms with E-state index < -0.39 is 16.0 Å². The standard InChI is InChI=1S/C21H22BrNO5S/c1-3-12-28-21(25)17-10-11-23(19-9-6-15(22)13-18(19)20(17)24)29(26,27)16-7-4-14(2)5-8-16/h4-9,13,24H,3,10-12H2,1-2H3. The topological polar surface area (TPSA) is 83.9 Å². The van der Waals surface area contributed by atoms with Crippen molar-refractivity contribution in [2.75, 3.05) is 17.5 Å². The van der Waals surface area contributed by atoms with Crippen LogP contribution in [0.2, 0.25) is 0 Å². The first-order valence-electron chi connectivity index (χ1n) is 9.24. The number of hydrogen-bond donors (Lipinski definition) is 1. The smallest absolute Gasteiger partial charge is 0.337 e. The van der Waals surface area contributed by atoms with Gasteiger partial charge in [-0.05, 0) is 43.7 Å². The fraction of sp³-hybridized carbons (Fsp3) is 0.286. The molecule has 0 saturated carbocycles. The molecule has 0 aliphatic carbocycles. The third-order valence-corrected chi connectivity index (χ3v) is 6.95. The van der Waals surface area contributed by atoms with Gasteiger partial charge in [-0.15, -0.1) is 0 Å². The number of aliphatic hydroxyl groups excluding tert-OH is 1. The fourth-order valence-electron chi connectivity index (χ4n) is 3.10. The van der Waals surface area contributed by atoms with Crippen molar-refractivity contribution in [1.82, 2.24) is 0 Å². The van der Waals surface area contributed by atoms with Crippen LogP contribution in [0.25, 0.3) is 5.76 Å². The van der Waals surface area contributed by atoms with Crippen LogP contribution in [-0.2, 0) is 19.6 Å². The number of nitrogens with zero attached hydrogens (tertiary/aromatic N) is 1. The van der Waals surface area contributed by atoms with E-state index in [4.69, 9.17) is 4.74 Å². The number of ether oxygens (including phenoxy) is 1. The summed E-state index contributed by atoms with van der Waals surface area (Å²) in [5.41, 5.74) is 1.59. The molecular formula is C21H22BrNO5S. The molecule has 1 aliphatic heterocycles. The Bertz CT molecular complexity index is 1060. The molecule has 0 spiro atoms. The molecule has 29 heavy (non-hydrogen) atoms. The largest absolute Gasteiger partial charge is 0.507 e. The fourth-order valence-corrected chi connectivity index (χ4v) is 4.94. The average molecular weight is 480 g/mol. The highest BCUT2D eigenvalue weighted by atomic mass is 79.9. The molecule has 0 fully saturated rings. The van der Waals surface area contributed by atoms with Gasteiger partial charge in [-0.25, -0.2) is 13.2 Å². The van der Waals surface area contributed by atoms with Gasteiger partial charge in [0.1, 0.15) is 5.76 Å². The Morgan fingerprint density at radius 2 is 1.90 bits per heavy atom. The summed E-state index contributed by atoms with van der Waals surface area (Å²) >= 11 is 3.35. The maximum atomic E-state index is 13.4. The van der Waals surface area contributed by atoms with E-state index in [-0.39, 0.29) is 41.4 Å². The molecule has 2 aromatic rings. The Kier molecular flexibility index (Phi) is 6.33. The number of hydrogen-bond acceptors (Lipinski definition) is 5. The average Bonchev–Trinajstić information content (AvgIpc) is 2.83. The van der Waals surface area contributed by atoms with E-state index in [2.05, 4.69) is 15.9 Å². The highest BCUT2D eigenvalue weighted by molar-refractivity contribution is 9.10. The first-order chi connectivity index (χ1) is 13.8. The van der Waals surface area contributed by atoms with E-state index >= 15 is 0 Å². The quantitative estimate of drug-likeness (QED) is 0.634. The SMILES string of the molecule is CCCOC(=O)C1=C(O)c2cc(Br)ccc2N(S(=O)(=O)c2ccc(C)cc2)CC1. The van der Waals surface area contributed by atoms with E-state index in [1.807, 2.05) is 13.8 Å². The van der Waals surface area contributed by atoms with Crippen molar-refractivity contribution in [3.63, 3.8) is 0 Å². The molecule has 0 aromatic heterocycles. The first-order valence-corrected chi connectivity index (χ1v) is 11.5. The Morgan fingerprint density at radius 3 is 2.55 bits per heavy atom. The zero-order valence-electron chi connectivity index (χ0n) is 16.2. The number of fused-ring (bicyclic) bond motifs is 1. The Morgan fingerprint density at radius 1 is 1.21 bits per heavy atom. The first kappa shape index (κ1) is 21.4. The summed E-state index contributed by atoms with van der Waals surface area (Å²) in [6.45, 7) is 3.99. The number of rotatable bonds is 5. The normalized spacial score (nSPS) is 14.4. The lowest BCUT2D eigenvalue weighted by atomic mass is 10.1. The minimum atomic E-state index is -3.89. The van der Waals surface area contributed by atoms with Crippen molar-refractivity contribution in [2.45, 2.75) is 31.6 Å². The molecule has 0 atom stereocenters. The molecule has 2 aromatic carbocycles. The van der Waals surface area contributed by atoms with Gasteiger partial charge < -0.3 is 9.84 Å². The van der Waals surface area contributed by atoms with Crippen LogP contribution < -0.4 is 4.31 Å². The second-order valence-electron chi connectivity index (χ2n) is 6.76. The van der Waals surface area contributed by atoms with Crippen molar-refractivity contribution in [3.05, 3.63) is 63.6 Å². The van der Waals surface area contributed by atoms with Crippen LogP contribution in [0.1, 0.15) is 30.9 Å². The summed E-state index contributed by atoms with van der Waals surface area (Å²) in [6, 6.07) is 11.5. The lowest BCUT2D eigenvalue weighted by Crippen LogP contribution is -2.32. The van der Waals surface area contributed by atoms with Gasteiger partial charge in [-0.2, -0.15) is 0 Å². The van der Waals surface area contributed by atoms with Gasteiger partial charge in [0.15, 0.2) is 0 Å². The molecule has 0 bridgehead atoms. The molecule has 154 valence electrons. The van der Waals surface area contributed by atoms with Crippen LogP contribution in [0.15, 0.2) is 57.4 Å². The number of esters is 1. The second-order valence-corrected chi connectivity index (χ2v) is 9.54. The molecule has 1 heterocycles. The molecule has 6 nitrogen and oxygen atoms in total. The summed E-state index contributed by atoms with van der Waals surface area (Å²) in [5.74, 6) is -0.895. The summed E-state index contributed by atoms with van der Waals surface area (Å²) in [7, 11) is -3.89. The van der Waals surface area contributed by atoms with Crippen molar-refractivity contribution in [2.24, 2.45) is 0 Å². The molecule has 0 radical (unpaired) electrons. The van der Waals surface area contributed by atoms with Crippen molar-refractivity contribution in [1.29, 1.82) is 0 Å². The van der Waals surface area contributed by atoms with Crippen LogP contribution in [0.5, 0.6) is 0 Å². The summed E-state index contributed by atoms with van der Waals surface area (Å²) in [4.78, 5) is 12.6. The van der Waals surface area contributed by atoms with E-state index in [0.717, 1.165) is 5.56 Å². The molecule has 0 amide bonds. The lowest BCUT2D eigenvalue weighted by molar-refractivity contribution is -0.139. The third kappa shape index (κ3) is 4.33. The van der Waals surface area contributed by atoms with Crippen LogP contribution in [0, 0.1) is 6.92 Å². The molecule has 1 aliphatic rings. The summed E-state index contributed by atoms with van der Waals surface area (Å²) in [5, 5.41) is 10.8. The van der Waals surface area contributed by atoms with Gasteiger partial charge in [-0.3, -0.25) is 4.31 Å². The van der Waals surface area contributed by atoms with E-state index in [9.17, 15) is 18.3 Å². The van der Waals surface area contributed by atoms with Crippen LogP contribution in [0.4, 0.5) is 5.69 Å². The van der Waals surface area contributed by atoms with Gasteiger partial charge in [-0.1, -0.05) is 40.5 Å². The van der Waals surface area contributed by atoms with Crippen LogP contribution >= 0.6 is 15.9 Å². The van der Waals surface area contributed by atoms with Gasteiger partial charge in [0, 0.05) is 23.0 Å². The second kappa shape index (κ2) is 8.59. The Balaban J connectivity index is 2.10. The maximum absolute atomic E-state index is 13.4. The predicted octanol–water partition coefficient (Wildman–Crippen LogP) is 4.58. The summed E-state index contributed by atoms with van der Waals surface area (Å²) < 4.78 is 33.8. The van der Waals surface area contributed by atoms with Gasteiger partial charge in [0.2, 0.25) is 0 Å². The molecule has 1 N–H and O–H groups in total. The van der Waals surface area contributed by atoms with E-state index in [1.165, 1.54) is 4.31 Å². The predicted molar refractivity (Wildman–Crippen MR) is 115 cm³/mol. The van der Waals surface area contributed by atoms with E-state index in [1.54, 1.807) is 42.5 Å². The van der Waals surface area contributed by atoms with Gasteiger partial charge in [0.05, 0.1) is 22.8 Å². The Labute approximate surface area is 179 Å². The molecule has 8 heteroatoms. The number of carbonyl (C=O) groups excluding carboxylic acids is 1. The van der Waals surface area contributed by atoms with Gasteiger partial charge in [0.25, 0.3) is 10.0 Å². The van der Waals surface area contributed by atoms with Crippen molar-refractivity contribution >= 4 is 43.4 Å². The maximum Gasteiger partial charge on any atom is 0.337 e. The molecule has 0 unspecified atom stereocenters. The molecule has 3 rings (SSSR count). The van der Waals surface area contributed by atoms with Crippen LogP contribution in [0.3, 0.4) is 0 Å².